The third-order valence-corrected chi connectivity index (χ3v) is 4.95. The first kappa shape index (κ1) is 21.0. The topological polar surface area (TPSA) is 136 Å². The van der Waals surface area contributed by atoms with E-state index < -0.39 is 37.5 Å². The number of aliphatic hydroxyl groups is 1. The number of carbonyl (C=O) groups is 1. The van der Waals surface area contributed by atoms with Crippen molar-refractivity contribution in [3.05, 3.63) is 34.4 Å². The molecule has 25 heavy (non-hydrogen) atoms. The Balaban J connectivity index is 2.86. The van der Waals surface area contributed by atoms with Crippen LogP contribution in [0.15, 0.2) is 29.2 Å². The van der Waals surface area contributed by atoms with E-state index >= 15 is 0 Å². The number of hydrogen-bond acceptors (Lipinski definition) is 7. The van der Waals surface area contributed by atoms with E-state index in [9.17, 15) is 23.3 Å². The Morgan fingerprint density at radius 2 is 1.96 bits per heavy atom. The molecule has 0 saturated carbocycles. The van der Waals surface area contributed by atoms with Crippen LogP contribution in [0.1, 0.15) is 32.6 Å². The van der Waals surface area contributed by atoms with Crippen molar-refractivity contribution in [2.75, 3.05) is 13.2 Å². The van der Waals surface area contributed by atoms with Crippen LogP contribution >= 0.6 is 0 Å². The molecule has 0 radical (unpaired) electrons. The van der Waals surface area contributed by atoms with Crippen LogP contribution < -0.4 is 4.72 Å². The van der Waals surface area contributed by atoms with Crippen molar-refractivity contribution < 1.29 is 28.0 Å². The van der Waals surface area contributed by atoms with Gasteiger partial charge in [-0.1, -0.05) is 12.1 Å². The molecule has 0 unspecified atom stereocenters. The Bertz CT molecular complexity index is 691. The van der Waals surface area contributed by atoms with Gasteiger partial charge in [0.15, 0.2) is 4.90 Å². The summed E-state index contributed by atoms with van der Waals surface area (Å²) in [5, 5.41) is 20.0. The number of nitro benzene ring substituents is 1. The molecular weight excluding hydrogens is 352 g/mol. The number of sulfonamides is 1. The highest BCUT2D eigenvalue weighted by atomic mass is 32.2. The molecule has 0 fully saturated rings. The van der Waals surface area contributed by atoms with Crippen molar-refractivity contribution in [1.82, 2.24) is 4.72 Å². The van der Waals surface area contributed by atoms with Gasteiger partial charge in [0.2, 0.25) is 10.0 Å². The summed E-state index contributed by atoms with van der Waals surface area (Å²) in [7, 11) is -4.10. The number of nitrogens with one attached hydrogen (secondary N) is 1. The highest BCUT2D eigenvalue weighted by Gasteiger charge is 2.27. The van der Waals surface area contributed by atoms with Crippen LogP contribution in [-0.4, -0.2) is 43.7 Å². The fourth-order valence-electron chi connectivity index (χ4n) is 2.26. The fourth-order valence-corrected chi connectivity index (χ4v) is 3.74. The fraction of sp³-hybridized carbons (Fsp3) is 0.533. The second kappa shape index (κ2) is 10.1. The predicted octanol–water partition coefficient (Wildman–Crippen LogP) is 1.36. The molecule has 0 heterocycles. The van der Waals surface area contributed by atoms with Crippen LogP contribution in [0.5, 0.6) is 0 Å². The number of ether oxygens (including phenoxy) is 1. The zero-order chi connectivity index (χ0) is 18.9. The molecule has 0 aromatic heterocycles. The van der Waals surface area contributed by atoms with Crippen molar-refractivity contribution in [2.45, 2.75) is 43.5 Å². The Hall–Kier alpha value is -2.04. The molecule has 0 aliphatic carbocycles. The molecule has 0 spiro atoms. The lowest BCUT2D eigenvalue weighted by molar-refractivity contribution is -0.387. The number of esters is 1. The summed E-state index contributed by atoms with van der Waals surface area (Å²) in [5.41, 5.74) is -0.504. The van der Waals surface area contributed by atoms with Crippen LogP contribution in [0.4, 0.5) is 5.69 Å². The molecule has 0 amide bonds. The van der Waals surface area contributed by atoms with Crippen molar-refractivity contribution in [3.8, 4) is 0 Å². The summed E-state index contributed by atoms with van der Waals surface area (Å²) in [5.74, 6) is -0.424. The van der Waals surface area contributed by atoms with E-state index in [0.717, 1.165) is 6.07 Å². The number of aliphatic hydroxyl groups excluding tert-OH is 1. The van der Waals surface area contributed by atoms with Gasteiger partial charge in [0.25, 0.3) is 5.69 Å². The van der Waals surface area contributed by atoms with Gasteiger partial charge in [-0.15, -0.1) is 0 Å². The Morgan fingerprint density at radius 1 is 1.32 bits per heavy atom. The molecule has 2 N–H and O–H groups in total. The van der Waals surface area contributed by atoms with E-state index in [1.807, 2.05) is 0 Å². The molecule has 140 valence electrons. The maximum absolute atomic E-state index is 12.5. The van der Waals surface area contributed by atoms with Gasteiger partial charge >= 0.3 is 5.97 Å². The maximum Gasteiger partial charge on any atom is 0.302 e. The number of benzene rings is 1. The highest BCUT2D eigenvalue weighted by Crippen LogP contribution is 2.23. The number of rotatable bonds is 11. The van der Waals surface area contributed by atoms with Crippen molar-refractivity contribution >= 4 is 21.7 Å². The molecule has 10 heteroatoms. The van der Waals surface area contributed by atoms with Gasteiger partial charge in [0.05, 0.1) is 11.5 Å². The molecule has 9 nitrogen and oxygen atoms in total. The zero-order valence-corrected chi connectivity index (χ0v) is 14.7. The quantitative estimate of drug-likeness (QED) is 0.258. The second-order valence-electron chi connectivity index (χ2n) is 5.39. The first-order valence-corrected chi connectivity index (χ1v) is 9.26. The zero-order valence-electron chi connectivity index (χ0n) is 13.9. The lowest BCUT2D eigenvalue weighted by Gasteiger charge is -2.18. The van der Waals surface area contributed by atoms with Gasteiger partial charge in [-0.05, 0) is 31.7 Å². The predicted molar refractivity (Wildman–Crippen MR) is 89.4 cm³/mol. The maximum atomic E-state index is 12.5. The van der Waals surface area contributed by atoms with Crippen LogP contribution in [0, 0.1) is 10.1 Å². The van der Waals surface area contributed by atoms with E-state index in [-0.39, 0.29) is 13.2 Å². The van der Waals surface area contributed by atoms with E-state index in [1.54, 1.807) is 0 Å². The van der Waals surface area contributed by atoms with Crippen LogP contribution in [0.25, 0.3) is 0 Å². The van der Waals surface area contributed by atoms with Gasteiger partial charge in [-0.3, -0.25) is 14.9 Å². The summed E-state index contributed by atoms with van der Waals surface area (Å²) in [4.78, 5) is 20.6. The van der Waals surface area contributed by atoms with Crippen LogP contribution in [0.3, 0.4) is 0 Å². The van der Waals surface area contributed by atoms with E-state index in [1.165, 1.54) is 25.1 Å². The number of nitrogens with zero attached hydrogens (tertiary/aromatic N) is 1. The monoisotopic (exact) mass is 374 g/mol. The standard InChI is InChI=1S/C15H22N2O7S/c1-12(19)24-11-5-7-13(6-4-10-18)16-25(22,23)15-9-3-2-8-14(15)17(20)21/h2-3,8-9,13,16,18H,4-7,10-11H2,1H3/t13-/m0/s1. The molecule has 1 aromatic rings. The number of hydrogen-bond donors (Lipinski definition) is 2. The van der Waals surface area contributed by atoms with Gasteiger partial charge < -0.3 is 9.84 Å². The molecule has 0 bridgehead atoms. The Kier molecular flexibility index (Phi) is 8.46. The summed E-state index contributed by atoms with van der Waals surface area (Å²) >= 11 is 0. The molecule has 1 rings (SSSR count). The molecule has 0 aliphatic rings. The van der Waals surface area contributed by atoms with Gasteiger partial charge in [0, 0.05) is 25.6 Å². The molecular formula is C15H22N2O7S. The van der Waals surface area contributed by atoms with E-state index in [0.29, 0.717) is 25.7 Å². The van der Waals surface area contributed by atoms with Crippen LogP contribution in [0.2, 0.25) is 0 Å². The van der Waals surface area contributed by atoms with E-state index in [4.69, 9.17) is 9.84 Å². The lowest BCUT2D eigenvalue weighted by atomic mass is 10.1. The Morgan fingerprint density at radius 3 is 2.56 bits per heavy atom. The largest absolute Gasteiger partial charge is 0.466 e. The Labute approximate surface area is 146 Å². The van der Waals surface area contributed by atoms with E-state index in [2.05, 4.69) is 4.72 Å². The number of carbonyl (C=O) groups excluding carboxylic acids is 1. The van der Waals surface area contributed by atoms with Crippen molar-refractivity contribution in [3.63, 3.8) is 0 Å². The highest BCUT2D eigenvalue weighted by molar-refractivity contribution is 7.89. The average molecular weight is 374 g/mol. The minimum absolute atomic E-state index is 0.104. The normalized spacial score (nSPS) is 12.6. The molecule has 0 aliphatic heterocycles. The third kappa shape index (κ3) is 7.16. The first-order chi connectivity index (χ1) is 11.8. The summed E-state index contributed by atoms with van der Waals surface area (Å²) in [6.07, 6.45) is 1.52. The summed E-state index contributed by atoms with van der Waals surface area (Å²) in [6, 6.07) is 4.55. The van der Waals surface area contributed by atoms with Crippen molar-refractivity contribution in [2.24, 2.45) is 0 Å². The minimum atomic E-state index is -4.10. The average Bonchev–Trinajstić information content (AvgIpc) is 2.55. The number of nitro groups is 1. The minimum Gasteiger partial charge on any atom is -0.466 e. The first-order valence-electron chi connectivity index (χ1n) is 7.78. The SMILES string of the molecule is CC(=O)OCCC[C@H](CCCO)NS(=O)(=O)c1ccccc1[N+](=O)[O-]. The molecule has 1 aromatic carbocycles. The smallest absolute Gasteiger partial charge is 0.302 e. The number of para-hydroxylation sites is 1. The third-order valence-electron chi connectivity index (χ3n) is 3.39. The van der Waals surface area contributed by atoms with Gasteiger partial charge in [0.1, 0.15) is 0 Å². The molecule has 0 saturated heterocycles. The molecule has 1 atom stereocenters. The second-order valence-corrected chi connectivity index (χ2v) is 7.07. The summed E-state index contributed by atoms with van der Waals surface area (Å²) in [6.45, 7) is 1.33. The van der Waals surface area contributed by atoms with Gasteiger partial charge in [-0.2, -0.15) is 0 Å². The lowest BCUT2D eigenvalue weighted by Crippen LogP contribution is -2.35. The van der Waals surface area contributed by atoms with Crippen LogP contribution in [-0.2, 0) is 19.6 Å². The summed E-state index contributed by atoms with van der Waals surface area (Å²) < 4.78 is 32.3. The van der Waals surface area contributed by atoms with Crippen molar-refractivity contribution in [1.29, 1.82) is 0 Å². The van der Waals surface area contributed by atoms with Gasteiger partial charge in [-0.25, -0.2) is 13.1 Å².